The molecular formula is C20H17ClN2O. The molecule has 0 saturated carbocycles. The van der Waals surface area contributed by atoms with Crippen LogP contribution in [-0.2, 0) is 24.2 Å². The van der Waals surface area contributed by atoms with Crippen LogP contribution in [0.15, 0.2) is 54.6 Å². The van der Waals surface area contributed by atoms with Crippen LogP contribution in [0.5, 0.6) is 0 Å². The van der Waals surface area contributed by atoms with Crippen molar-refractivity contribution in [1.82, 2.24) is 9.78 Å². The normalized spacial score (nSPS) is 13.8. The monoisotopic (exact) mass is 336 g/mol. The average Bonchev–Trinajstić information content (AvgIpc) is 2.94. The Kier molecular flexibility index (Phi) is 3.95. The van der Waals surface area contributed by atoms with E-state index < -0.39 is 0 Å². The van der Waals surface area contributed by atoms with Gasteiger partial charge in [-0.3, -0.25) is 9.48 Å². The van der Waals surface area contributed by atoms with Gasteiger partial charge in [0, 0.05) is 34.7 Å². The fraction of sp³-hybridized carbons (Fsp3) is 0.200. The zero-order valence-electron chi connectivity index (χ0n) is 13.2. The Morgan fingerprint density at radius 1 is 1.00 bits per heavy atom. The molecule has 1 aromatic heterocycles. The molecule has 0 fully saturated rings. The number of Topliss-reactive ketones (excluding diaryl/α,β-unsaturated/α-hetero) is 1. The van der Waals surface area contributed by atoms with Gasteiger partial charge in [0.1, 0.15) is 5.78 Å². The van der Waals surface area contributed by atoms with E-state index in [9.17, 15) is 4.79 Å². The number of rotatable bonds is 3. The number of carbonyl (C=O) groups excluding carboxylic acids is 1. The van der Waals surface area contributed by atoms with E-state index in [1.165, 1.54) is 11.3 Å². The van der Waals surface area contributed by atoms with Gasteiger partial charge in [-0.05, 0) is 24.1 Å². The molecule has 0 N–H and O–H groups in total. The van der Waals surface area contributed by atoms with E-state index in [1.54, 1.807) is 0 Å². The molecular weight excluding hydrogens is 320 g/mol. The van der Waals surface area contributed by atoms with Crippen molar-refractivity contribution in [2.75, 3.05) is 0 Å². The second-order valence-corrected chi connectivity index (χ2v) is 6.58. The van der Waals surface area contributed by atoms with E-state index in [0.717, 1.165) is 29.8 Å². The van der Waals surface area contributed by atoms with Gasteiger partial charge in [0.25, 0.3) is 0 Å². The summed E-state index contributed by atoms with van der Waals surface area (Å²) in [7, 11) is 0. The molecule has 3 aromatic rings. The molecule has 4 rings (SSSR count). The van der Waals surface area contributed by atoms with Crippen molar-refractivity contribution >= 4 is 17.4 Å². The number of carbonyl (C=O) groups is 1. The summed E-state index contributed by atoms with van der Waals surface area (Å²) in [6, 6.07) is 18.0. The third kappa shape index (κ3) is 2.87. The predicted octanol–water partition coefficient (Wildman–Crippen LogP) is 4.31. The maximum Gasteiger partial charge on any atom is 0.137 e. The minimum atomic E-state index is 0.289. The largest absolute Gasteiger partial charge is 0.299 e. The summed E-state index contributed by atoms with van der Waals surface area (Å²) < 4.78 is 2.06. The molecule has 1 aliphatic rings. The van der Waals surface area contributed by atoms with E-state index in [1.807, 2.05) is 42.5 Å². The van der Waals surface area contributed by atoms with Gasteiger partial charge in [-0.25, -0.2) is 0 Å². The number of hydrogen-bond donors (Lipinski definition) is 0. The van der Waals surface area contributed by atoms with E-state index in [-0.39, 0.29) is 5.78 Å². The summed E-state index contributed by atoms with van der Waals surface area (Å²) in [6.45, 7) is 0.727. The molecule has 0 atom stereocenters. The van der Waals surface area contributed by atoms with Crippen LogP contribution in [0, 0.1) is 0 Å². The lowest BCUT2D eigenvalue weighted by molar-refractivity contribution is -0.118. The number of nitrogens with zero attached hydrogens (tertiary/aromatic N) is 2. The first-order chi connectivity index (χ1) is 11.7. The smallest absolute Gasteiger partial charge is 0.137 e. The van der Waals surface area contributed by atoms with Crippen LogP contribution >= 0.6 is 11.6 Å². The van der Waals surface area contributed by atoms with E-state index in [0.29, 0.717) is 17.9 Å². The van der Waals surface area contributed by atoms with E-state index >= 15 is 0 Å². The Balaban J connectivity index is 1.79. The van der Waals surface area contributed by atoms with Gasteiger partial charge >= 0.3 is 0 Å². The van der Waals surface area contributed by atoms with Crippen LogP contribution < -0.4 is 0 Å². The lowest BCUT2D eigenvalue weighted by atomic mass is 9.92. The molecule has 0 aliphatic heterocycles. The standard InChI is InChI=1S/C20H17ClN2O/c21-16-8-6-15(7-9-16)20-18-12-17(24)10-11-19(18)23(22-20)13-14-4-2-1-3-5-14/h1-9H,10-13H2. The number of hydrogen-bond acceptors (Lipinski definition) is 2. The highest BCUT2D eigenvalue weighted by Crippen LogP contribution is 2.31. The van der Waals surface area contributed by atoms with E-state index in [2.05, 4.69) is 16.8 Å². The maximum atomic E-state index is 12.0. The summed E-state index contributed by atoms with van der Waals surface area (Å²) >= 11 is 6.00. The molecule has 24 heavy (non-hydrogen) atoms. The second-order valence-electron chi connectivity index (χ2n) is 6.14. The first kappa shape index (κ1) is 15.2. The molecule has 3 nitrogen and oxygen atoms in total. The zero-order valence-corrected chi connectivity index (χ0v) is 14.0. The third-order valence-electron chi connectivity index (χ3n) is 4.47. The first-order valence-electron chi connectivity index (χ1n) is 8.11. The highest BCUT2D eigenvalue weighted by Gasteiger charge is 2.25. The molecule has 0 bridgehead atoms. The van der Waals surface area contributed by atoms with Gasteiger partial charge in [-0.2, -0.15) is 5.10 Å². The highest BCUT2D eigenvalue weighted by molar-refractivity contribution is 6.30. The van der Waals surface area contributed by atoms with Crippen LogP contribution in [0.25, 0.3) is 11.3 Å². The number of ketones is 1. The summed E-state index contributed by atoms with van der Waals surface area (Å²) in [5.74, 6) is 0.289. The fourth-order valence-electron chi connectivity index (χ4n) is 3.27. The molecule has 2 aromatic carbocycles. The van der Waals surface area contributed by atoms with Crippen molar-refractivity contribution in [3.05, 3.63) is 76.4 Å². The Labute approximate surface area is 145 Å². The molecule has 1 aliphatic carbocycles. The molecule has 1 heterocycles. The van der Waals surface area contributed by atoms with Gasteiger partial charge in [0.05, 0.1) is 12.2 Å². The zero-order chi connectivity index (χ0) is 16.5. The minimum Gasteiger partial charge on any atom is -0.299 e. The van der Waals surface area contributed by atoms with Crippen molar-refractivity contribution in [2.24, 2.45) is 0 Å². The van der Waals surface area contributed by atoms with Crippen molar-refractivity contribution in [2.45, 2.75) is 25.8 Å². The SMILES string of the molecule is O=C1CCc2c(c(-c3ccc(Cl)cc3)nn2Cc2ccccc2)C1. The number of halogens is 1. The van der Waals surface area contributed by atoms with Gasteiger partial charge in [0.2, 0.25) is 0 Å². The summed E-state index contributed by atoms with van der Waals surface area (Å²) in [4.78, 5) is 12.0. The molecule has 0 unspecified atom stereocenters. The minimum absolute atomic E-state index is 0.289. The Hall–Kier alpha value is -2.39. The predicted molar refractivity (Wildman–Crippen MR) is 95.2 cm³/mol. The number of fused-ring (bicyclic) bond motifs is 1. The quantitative estimate of drug-likeness (QED) is 0.714. The topological polar surface area (TPSA) is 34.9 Å². The van der Waals surface area contributed by atoms with E-state index in [4.69, 9.17) is 16.7 Å². The average molecular weight is 337 g/mol. The Morgan fingerprint density at radius 2 is 1.75 bits per heavy atom. The van der Waals surface area contributed by atoms with Crippen LogP contribution in [0.4, 0.5) is 0 Å². The first-order valence-corrected chi connectivity index (χ1v) is 8.48. The molecule has 0 saturated heterocycles. The van der Waals surface area contributed by atoms with Gasteiger partial charge < -0.3 is 0 Å². The lowest BCUT2D eigenvalue weighted by Crippen LogP contribution is -2.16. The molecule has 0 spiro atoms. The highest BCUT2D eigenvalue weighted by atomic mass is 35.5. The van der Waals surface area contributed by atoms with Crippen LogP contribution in [0.1, 0.15) is 23.2 Å². The summed E-state index contributed by atoms with van der Waals surface area (Å²) in [5, 5.41) is 5.54. The number of aromatic nitrogens is 2. The maximum absolute atomic E-state index is 12.0. The third-order valence-corrected chi connectivity index (χ3v) is 4.73. The number of benzene rings is 2. The molecule has 0 amide bonds. The second kappa shape index (κ2) is 6.25. The van der Waals surface area contributed by atoms with Crippen molar-refractivity contribution in [1.29, 1.82) is 0 Å². The van der Waals surface area contributed by atoms with Gasteiger partial charge in [0.15, 0.2) is 0 Å². The lowest BCUT2D eigenvalue weighted by Gasteiger charge is -2.14. The van der Waals surface area contributed by atoms with Gasteiger partial charge in [-0.1, -0.05) is 54.1 Å². The van der Waals surface area contributed by atoms with Crippen LogP contribution in [-0.4, -0.2) is 15.6 Å². The van der Waals surface area contributed by atoms with Crippen LogP contribution in [0.3, 0.4) is 0 Å². The summed E-state index contributed by atoms with van der Waals surface area (Å²) in [5.41, 5.74) is 5.39. The van der Waals surface area contributed by atoms with Crippen molar-refractivity contribution in [3.8, 4) is 11.3 Å². The Morgan fingerprint density at radius 3 is 2.50 bits per heavy atom. The fourth-order valence-corrected chi connectivity index (χ4v) is 3.40. The van der Waals surface area contributed by atoms with Crippen molar-refractivity contribution < 1.29 is 4.79 Å². The molecule has 0 radical (unpaired) electrons. The van der Waals surface area contributed by atoms with Gasteiger partial charge in [-0.15, -0.1) is 0 Å². The summed E-state index contributed by atoms with van der Waals surface area (Å²) in [6.07, 6.45) is 1.84. The molecule has 4 heteroatoms. The Bertz CT molecular complexity index is 882. The van der Waals surface area contributed by atoms with Crippen LogP contribution in [0.2, 0.25) is 5.02 Å². The van der Waals surface area contributed by atoms with Crippen molar-refractivity contribution in [3.63, 3.8) is 0 Å². The molecule has 120 valence electrons.